The summed E-state index contributed by atoms with van der Waals surface area (Å²) in [6.45, 7) is 6.02. The van der Waals surface area contributed by atoms with E-state index in [0.717, 1.165) is 48.3 Å². The second kappa shape index (κ2) is 9.45. The summed E-state index contributed by atoms with van der Waals surface area (Å²) in [5.74, 6) is -0.659. The molecule has 0 aliphatic heterocycles. The first-order valence-corrected chi connectivity index (χ1v) is 10.3. The topological polar surface area (TPSA) is 84.1 Å². The molecule has 156 valence electrons. The molecule has 1 aromatic heterocycles. The first-order chi connectivity index (χ1) is 14.4. The highest BCUT2D eigenvalue weighted by atomic mass is 16.5. The van der Waals surface area contributed by atoms with Gasteiger partial charge < -0.3 is 14.6 Å². The van der Waals surface area contributed by atoms with Gasteiger partial charge in [0.15, 0.2) is 0 Å². The van der Waals surface area contributed by atoms with Gasteiger partial charge in [-0.25, -0.2) is 4.79 Å². The fourth-order valence-electron chi connectivity index (χ4n) is 3.93. The fourth-order valence-corrected chi connectivity index (χ4v) is 3.93. The van der Waals surface area contributed by atoms with Crippen molar-refractivity contribution in [1.29, 1.82) is 5.26 Å². The van der Waals surface area contributed by atoms with Crippen LogP contribution in [0, 0.1) is 25.2 Å². The van der Waals surface area contributed by atoms with Crippen molar-refractivity contribution in [2.75, 3.05) is 6.61 Å². The van der Waals surface area contributed by atoms with E-state index in [2.05, 4.69) is 5.32 Å². The van der Waals surface area contributed by atoms with E-state index in [1.807, 2.05) is 42.7 Å². The first-order valence-electron chi connectivity index (χ1n) is 10.3. The van der Waals surface area contributed by atoms with Crippen LogP contribution in [-0.2, 0) is 9.53 Å². The van der Waals surface area contributed by atoms with Gasteiger partial charge in [-0.05, 0) is 75.6 Å². The number of nitrogens with zero attached hydrogens (tertiary/aromatic N) is 2. The number of ether oxygens (including phenoxy) is 1. The molecule has 6 nitrogen and oxygen atoms in total. The minimum absolute atomic E-state index is 0.111. The van der Waals surface area contributed by atoms with Crippen LogP contribution in [0.1, 0.15) is 59.9 Å². The Balaban J connectivity index is 1.85. The van der Waals surface area contributed by atoms with Gasteiger partial charge in [-0.15, -0.1) is 0 Å². The zero-order valence-corrected chi connectivity index (χ0v) is 17.7. The lowest BCUT2D eigenvalue weighted by Crippen LogP contribution is -2.33. The van der Waals surface area contributed by atoms with Gasteiger partial charge in [0.2, 0.25) is 0 Å². The Labute approximate surface area is 177 Å². The van der Waals surface area contributed by atoms with Gasteiger partial charge in [-0.3, -0.25) is 4.79 Å². The van der Waals surface area contributed by atoms with Gasteiger partial charge in [0.05, 0.1) is 12.2 Å². The third-order valence-corrected chi connectivity index (χ3v) is 5.46. The van der Waals surface area contributed by atoms with E-state index < -0.39 is 0 Å². The van der Waals surface area contributed by atoms with Crippen molar-refractivity contribution in [3.8, 4) is 11.8 Å². The van der Waals surface area contributed by atoms with E-state index in [9.17, 15) is 14.9 Å². The average Bonchev–Trinajstić information content (AvgIpc) is 3.34. The summed E-state index contributed by atoms with van der Waals surface area (Å²) < 4.78 is 7.06. The van der Waals surface area contributed by atoms with Crippen molar-refractivity contribution >= 4 is 18.0 Å². The number of carbonyl (C=O) groups excluding carboxylic acids is 2. The molecule has 0 unspecified atom stereocenters. The maximum Gasteiger partial charge on any atom is 0.338 e. The number of esters is 1. The molecule has 3 rings (SSSR count). The number of rotatable bonds is 6. The second-order valence-electron chi connectivity index (χ2n) is 7.55. The fraction of sp³-hybridized carbons (Fsp3) is 0.375. The van der Waals surface area contributed by atoms with Crippen LogP contribution >= 0.6 is 0 Å². The Morgan fingerprint density at radius 2 is 1.90 bits per heavy atom. The predicted octanol–water partition coefficient (Wildman–Crippen LogP) is 4.24. The van der Waals surface area contributed by atoms with E-state index in [1.165, 1.54) is 0 Å². The molecule has 0 spiro atoms. The van der Waals surface area contributed by atoms with E-state index in [1.54, 1.807) is 25.1 Å². The summed E-state index contributed by atoms with van der Waals surface area (Å²) >= 11 is 0. The van der Waals surface area contributed by atoms with Crippen molar-refractivity contribution in [3.63, 3.8) is 0 Å². The van der Waals surface area contributed by atoms with Crippen LogP contribution in [0.15, 0.2) is 35.9 Å². The largest absolute Gasteiger partial charge is 0.462 e. The van der Waals surface area contributed by atoms with Crippen LogP contribution in [0.5, 0.6) is 0 Å². The SMILES string of the molecule is CCOC(=O)c1ccc(-n2c(C)cc(/C=C(/C#N)C(=O)NC3CCCC3)c2C)cc1. The number of aromatic nitrogens is 1. The smallest absolute Gasteiger partial charge is 0.338 e. The highest BCUT2D eigenvalue weighted by Crippen LogP contribution is 2.24. The molecule has 0 saturated heterocycles. The third kappa shape index (κ3) is 4.62. The molecular weight excluding hydrogens is 378 g/mol. The Hall–Kier alpha value is -3.33. The molecule has 1 aromatic carbocycles. The summed E-state index contributed by atoms with van der Waals surface area (Å²) in [5.41, 5.74) is 4.21. The molecule has 1 fully saturated rings. The van der Waals surface area contributed by atoms with Crippen molar-refractivity contribution in [2.45, 2.75) is 52.5 Å². The number of nitrogens with one attached hydrogen (secondary N) is 1. The number of carbonyl (C=O) groups is 2. The van der Waals surface area contributed by atoms with E-state index in [-0.39, 0.29) is 23.5 Å². The summed E-state index contributed by atoms with van der Waals surface area (Å²) in [6.07, 6.45) is 5.83. The molecule has 2 aromatic rings. The molecule has 30 heavy (non-hydrogen) atoms. The van der Waals surface area contributed by atoms with Crippen LogP contribution in [-0.4, -0.2) is 29.1 Å². The summed E-state index contributed by atoms with van der Waals surface area (Å²) in [7, 11) is 0. The molecule has 0 radical (unpaired) electrons. The van der Waals surface area contributed by atoms with E-state index in [0.29, 0.717) is 12.2 Å². The van der Waals surface area contributed by atoms with Crippen molar-refractivity contribution in [3.05, 3.63) is 58.4 Å². The lowest BCUT2D eigenvalue weighted by Gasteiger charge is -2.11. The number of hydrogen-bond acceptors (Lipinski definition) is 4. The van der Waals surface area contributed by atoms with Gasteiger partial charge in [0.1, 0.15) is 11.6 Å². The van der Waals surface area contributed by atoms with Crippen LogP contribution in [0.25, 0.3) is 11.8 Å². The number of benzene rings is 1. The zero-order chi connectivity index (χ0) is 21.7. The normalized spacial score (nSPS) is 14.4. The zero-order valence-electron chi connectivity index (χ0n) is 17.7. The summed E-state index contributed by atoms with van der Waals surface area (Å²) in [4.78, 5) is 24.4. The van der Waals surface area contributed by atoms with Crippen LogP contribution < -0.4 is 5.32 Å². The Kier molecular flexibility index (Phi) is 6.73. The van der Waals surface area contributed by atoms with Gasteiger partial charge in [0, 0.05) is 23.1 Å². The quantitative estimate of drug-likeness (QED) is 0.443. The van der Waals surface area contributed by atoms with Crippen molar-refractivity contribution < 1.29 is 14.3 Å². The highest BCUT2D eigenvalue weighted by Gasteiger charge is 2.20. The van der Waals surface area contributed by atoms with Crippen LogP contribution in [0.3, 0.4) is 0 Å². The minimum Gasteiger partial charge on any atom is -0.462 e. The number of aryl methyl sites for hydroxylation is 1. The Morgan fingerprint density at radius 1 is 1.23 bits per heavy atom. The van der Waals surface area contributed by atoms with Gasteiger partial charge >= 0.3 is 5.97 Å². The van der Waals surface area contributed by atoms with Crippen molar-refractivity contribution in [2.24, 2.45) is 0 Å². The van der Waals surface area contributed by atoms with E-state index in [4.69, 9.17) is 4.74 Å². The summed E-state index contributed by atoms with van der Waals surface area (Å²) in [5, 5.41) is 12.5. The number of nitriles is 1. The maximum absolute atomic E-state index is 12.5. The molecule has 1 aliphatic carbocycles. The minimum atomic E-state index is -0.347. The maximum atomic E-state index is 12.5. The molecule has 1 amide bonds. The third-order valence-electron chi connectivity index (χ3n) is 5.46. The van der Waals surface area contributed by atoms with Gasteiger partial charge in [-0.2, -0.15) is 5.26 Å². The van der Waals surface area contributed by atoms with Gasteiger partial charge in [0.25, 0.3) is 5.91 Å². The van der Waals surface area contributed by atoms with Crippen molar-refractivity contribution in [1.82, 2.24) is 9.88 Å². The monoisotopic (exact) mass is 405 g/mol. The number of amides is 1. The van der Waals surface area contributed by atoms with Gasteiger partial charge in [-0.1, -0.05) is 12.8 Å². The van der Waals surface area contributed by atoms with E-state index >= 15 is 0 Å². The Morgan fingerprint density at radius 3 is 2.50 bits per heavy atom. The lowest BCUT2D eigenvalue weighted by molar-refractivity contribution is -0.117. The van der Waals surface area contributed by atoms with Crippen LogP contribution in [0.4, 0.5) is 0 Å². The average molecular weight is 405 g/mol. The highest BCUT2D eigenvalue weighted by molar-refractivity contribution is 6.02. The molecule has 1 N–H and O–H groups in total. The van der Waals surface area contributed by atoms with Crippen LogP contribution in [0.2, 0.25) is 0 Å². The number of hydrogen-bond donors (Lipinski definition) is 1. The molecule has 0 bridgehead atoms. The lowest BCUT2D eigenvalue weighted by atomic mass is 10.1. The molecule has 1 aliphatic rings. The molecule has 1 heterocycles. The summed E-state index contributed by atoms with van der Waals surface area (Å²) in [6, 6.07) is 11.3. The molecular formula is C24H27N3O3. The first kappa shape index (κ1) is 21.4. The molecule has 6 heteroatoms. The standard InChI is InChI=1S/C24H27N3O3/c1-4-30-24(29)18-9-11-22(12-10-18)27-16(2)13-19(17(27)3)14-20(15-25)23(28)26-21-7-5-6-8-21/h9-14,21H,4-8H2,1-3H3,(H,26,28)/b20-14-. The molecule has 0 atom stereocenters. The second-order valence-corrected chi connectivity index (χ2v) is 7.55. The predicted molar refractivity (Wildman–Crippen MR) is 115 cm³/mol. The molecule has 1 saturated carbocycles. The Bertz CT molecular complexity index is 1000.